The van der Waals surface area contributed by atoms with Crippen LogP contribution in [0.2, 0.25) is 0 Å². The molecule has 0 spiro atoms. The summed E-state index contributed by atoms with van der Waals surface area (Å²) in [6.07, 6.45) is 6.46. The average molecular weight is 197 g/mol. The molecule has 0 aliphatic rings. The van der Waals surface area contributed by atoms with Gasteiger partial charge in [-0.15, -0.1) is 0 Å². The van der Waals surface area contributed by atoms with E-state index >= 15 is 0 Å². The second-order valence-electron chi connectivity index (χ2n) is 1.80. The van der Waals surface area contributed by atoms with Crippen LogP contribution in [0.1, 0.15) is 0 Å². The highest BCUT2D eigenvalue weighted by Crippen LogP contribution is 2.61. The number of hydrogen-bond donors (Lipinski definition) is 0. The van der Waals surface area contributed by atoms with Crippen molar-refractivity contribution in [2.45, 2.75) is 4.90 Å². The standard InChI is InChI=1S/C5H6Cl2N2S/c1-10(6,7)5-2-8-4-9-3-5/h2-4H,1H3. The Morgan fingerprint density at radius 3 is 2.10 bits per heavy atom. The first kappa shape index (κ1) is 8.11. The molecule has 0 atom stereocenters. The summed E-state index contributed by atoms with van der Waals surface area (Å²) < 4.78 is 0. The Balaban J connectivity index is 2.97. The Morgan fingerprint density at radius 1 is 1.30 bits per heavy atom. The molecule has 2 nitrogen and oxygen atoms in total. The van der Waals surface area contributed by atoms with Crippen molar-refractivity contribution in [1.29, 1.82) is 0 Å². The molecule has 0 N–H and O–H groups in total. The molecule has 0 fully saturated rings. The Labute approximate surface area is 69.9 Å². The van der Waals surface area contributed by atoms with Crippen LogP contribution in [0, 0.1) is 0 Å². The van der Waals surface area contributed by atoms with Crippen LogP contribution >= 0.6 is 29.8 Å². The fourth-order valence-corrected chi connectivity index (χ4v) is 1.44. The monoisotopic (exact) mass is 196 g/mol. The van der Waals surface area contributed by atoms with Gasteiger partial charge in [-0.2, -0.15) is 0 Å². The lowest BCUT2D eigenvalue weighted by Gasteiger charge is -2.16. The van der Waals surface area contributed by atoms with Crippen molar-refractivity contribution in [2.24, 2.45) is 0 Å². The minimum absolute atomic E-state index is 0.790. The third-order valence-electron chi connectivity index (χ3n) is 0.951. The van der Waals surface area contributed by atoms with E-state index < -0.39 is 8.46 Å². The number of aromatic nitrogens is 2. The van der Waals surface area contributed by atoms with Gasteiger partial charge in [-0.3, -0.25) is 0 Å². The van der Waals surface area contributed by atoms with Gasteiger partial charge < -0.3 is 0 Å². The van der Waals surface area contributed by atoms with Crippen molar-refractivity contribution in [1.82, 2.24) is 9.97 Å². The minimum atomic E-state index is -1.68. The first-order chi connectivity index (χ1) is 4.61. The average Bonchev–Trinajstić information content (AvgIpc) is 1.88. The Hall–Kier alpha value is 0.01000. The van der Waals surface area contributed by atoms with Crippen LogP contribution < -0.4 is 0 Å². The maximum absolute atomic E-state index is 5.83. The molecule has 1 aromatic rings. The molecule has 0 aliphatic heterocycles. The van der Waals surface area contributed by atoms with Crippen LogP contribution in [-0.4, -0.2) is 16.2 Å². The van der Waals surface area contributed by atoms with E-state index in [0.717, 1.165) is 4.90 Å². The van der Waals surface area contributed by atoms with E-state index in [9.17, 15) is 0 Å². The Kier molecular flexibility index (Phi) is 2.39. The van der Waals surface area contributed by atoms with Crippen LogP contribution in [0.3, 0.4) is 0 Å². The van der Waals surface area contributed by atoms with Crippen LogP contribution in [0.4, 0.5) is 0 Å². The molecular weight excluding hydrogens is 191 g/mol. The van der Waals surface area contributed by atoms with E-state index in [-0.39, 0.29) is 0 Å². The van der Waals surface area contributed by atoms with Gasteiger partial charge in [0, 0.05) is 12.4 Å². The lowest BCUT2D eigenvalue weighted by atomic mass is 10.7. The number of nitrogens with zero attached hydrogens (tertiary/aromatic N) is 2. The second kappa shape index (κ2) is 2.95. The van der Waals surface area contributed by atoms with Crippen molar-refractivity contribution < 1.29 is 0 Å². The Bertz CT molecular complexity index is 209. The summed E-state index contributed by atoms with van der Waals surface area (Å²) in [7, 11) is 9.97. The van der Waals surface area contributed by atoms with Crippen molar-refractivity contribution in [3.8, 4) is 0 Å². The molecule has 56 valence electrons. The predicted octanol–water partition coefficient (Wildman–Crippen LogP) is 2.58. The lowest BCUT2D eigenvalue weighted by molar-refractivity contribution is 1.10. The van der Waals surface area contributed by atoms with Gasteiger partial charge in [0.05, 0.1) is 4.90 Å². The lowest BCUT2D eigenvalue weighted by Crippen LogP contribution is -1.84. The van der Waals surface area contributed by atoms with Crippen LogP contribution in [-0.2, 0) is 0 Å². The van der Waals surface area contributed by atoms with E-state index in [4.69, 9.17) is 21.4 Å². The van der Waals surface area contributed by atoms with Gasteiger partial charge in [-0.25, -0.2) is 9.97 Å². The molecule has 0 aromatic carbocycles. The maximum atomic E-state index is 5.83. The van der Waals surface area contributed by atoms with Crippen LogP contribution in [0.25, 0.3) is 0 Å². The largest absolute Gasteiger partial charge is 0.244 e. The highest BCUT2D eigenvalue weighted by atomic mass is 36.0. The van der Waals surface area contributed by atoms with E-state index in [1.54, 1.807) is 18.6 Å². The Morgan fingerprint density at radius 2 is 1.80 bits per heavy atom. The maximum Gasteiger partial charge on any atom is 0.115 e. The smallest absolute Gasteiger partial charge is 0.115 e. The quantitative estimate of drug-likeness (QED) is 0.691. The van der Waals surface area contributed by atoms with E-state index in [2.05, 4.69) is 9.97 Å². The molecule has 1 heterocycles. The summed E-state index contributed by atoms with van der Waals surface area (Å²) >= 11 is 0. The second-order valence-corrected chi connectivity index (χ2v) is 7.90. The molecule has 5 heteroatoms. The molecule has 0 radical (unpaired) electrons. The van der Waals surface area contributed by atoms with Crippen LogP contribution in [0.5, 0.6) is 0 Å². The summed E-state index contributed by atoms with van der Waals surface area (Å²) in [5, 5.41) is 0. The van der Waals surface area contributed by atoms with Gasteiger partial charge in [-0.05, 0) is 27.6 Å². The van der Waals surface area contributed by atoms with Crippen molar-refractivity contribution in [3.05, 3.63) is 18.7 Å². The highest BCUT2D eigenvalue weighted by molar-refractivity contribution is 8.65. The molecule has 0 saturated carbocycles. The van der Waals surface area contributed by atoms with Gasteiger partial charge in [0.1, 0.15) is 6.33 Å². The zero-order chi connectivity index (χ0) is 7.61. The predicted molar refractivity (Wildman–Crippen MR) is 45.5 cm³/mol. The van der Waals surface area contributed by atoms with E-state index in [0.29, 0.717) is 0 Å². The van der Waals surface area contributed by atoms with Crippen molar-refractivity contribution in [2.75, 3.05) is 6.26 Å². The zero-order valence-corrected chi connectivity index (χ0v) is 7.62. The van der Waals surface area contributed by atoms with Gasteiger partial charge in [-0.1, -0.05) is 8.46 Å². The number of halogens is 2. The molecule has 1 rings (SSSR count). The summed E-state index contributed by atoms with van der Waals surface area (Å²) in [6, 6.07) is 0. The normalized spacial score (nSPS) is 13.1. The molecule has 0 bridgehead atoms. The van der Waals surface area contributed by atoms with Gasteiger partial charge in [0.15, 0.2) is 0 Å². The van der Waals surface area contributed by atoms with Gasteiger partial charge in [0.25, 0.3) is 0 Å². The summed E-state index contributed by atoms with van der Waals surface area (Å²) in [5.74, 6) is 0. The summed E-state index contributed by atoms with van der Waals surface area (Å²) in [5.41, 5.74) is 0. The summed E-state index contributed by atoms with van der Waals surface area (Å²) in [6.45, 7) is 0. The van der Waals surface area contributed by atoms with E-state index in [1.165, 1.54) is 6.33 Å². The summed E-state index contributed by atoms with van der Waals surface area (Å²) in [4.78, 5) is 8.37. The highest BCUT2D eigenvalue weighted by Gasteiger charge is 2.13. The van der Waals surface area contributed by atoms with Gasteiger partial charge >= 0.3 is 0 Å². The minimum Gasteiger partial charge on any atom is -0.244 e. The van der Waals surface area contributed by atoms with Crippen molar-refractivity contribution in [3.63, 3.8) is 0 Å². The fourth-order valence-electron chi connectivity index (χ4n) is 0.471. The first-order valence-electron chi connectivity index (χ1n) is 2.53. The molecule has 1 aromatic heterocycles. The topological polar surface area (TPSA) is 25.8 Å². The molecule has 0 amide bonds. The molecule has 10 heavy (non-hydrogen) atoms. The molecule has 0 aliphatic carbocycles. The fraction of sp³-hybridized carbons (Fsp3) is 0.200. The molecule has 0 unspecified atom stereocenters. The molecule has 0 saturated heterocycles. The first-order valence-corrected chi connectivity index (χ1v) is 6.22. The van der Waals surface area contributed by atoms with Crippen LogP contribution in [0.15, 0.2) is 23.6 Å². The number of rotatable bonds is 1. The molecular formula is C5H6Cl2N2S. The number of hydrogen-bond acceptors (Lipinski definition) is 2. The van der Waals surface area contributed by atoms with Gasteiger partial charge in [0.2, 0.25) is 0 Å². The SMILES string of the molecule is CS(Cl)(Cl)c1cncnc1. The van der Waals surface area contributed by atoms with E-state index in [1.807, 2.05) is 0 Å². The third kappa shape index (κ3) is 2.01. The van der Waals surface area contributed by atoms with Crippen molar-refractivity contribution >= 4 is 29.8 Å². The third-order valence-corrected chi connectivity index (χ3v) is 3.06. The zero-order valence-electron chi connectivity index (χ0n) is 5.29.